The van der Waals surface area contributed by atoms with Crippen LogP contribution in [0.25, 0.3) is 0 Å². The highest BCUT2D eigenvalue weighted by molar-refractivity contribution is 5.89. The second-order valence-electron chi connectivity index (χ2n) is 5.83. The van der Waals surface area contributed by atoms with Crippen LogP contribution >= 0.6 is 0 Å². The van der Waals surface area contributed by atoms with Crippen LogP contribution in [0.1, 0.15) is 32.6 Å². The molecule has 22 heavy (non-hydrogen) atoms. The summed E-state index contributed by atoms with van der Waals surface area (Å²) < 4.78 is 10.4. The van der Waals surface area contributed by atoms with E-state index >= 15 is 0 Å². The summed E-state index contributed by atoms with van der Waals surface area (Å²) in [6, 6.07) is 7.51. The minimum atomic E-state index is -0.133. The molecule has 2 amide bonds. The number of hydrogen-bond donors (Lipinski definition) is 2. The molecule has 1 saturated carbocycles. The summed E-state index contributed by atoms with van der Waals surface area (Å²) in [6.07, 6.45) is 4.73. The molecule has 2 atom stereocenters. The molecule has 0 aromatic heterocycles. The number of hydrogen-bond acceptors (Lipinski definition) is 3. The molecular formula is C17H26N2O3. The highest BCUT2D eigenvalue weighted by Gasteiger charge is 2.22. The zero-order valence-electron chi connectivity index (χ0n) is 13.4. The normalized spacial score (nSPS) is 21.2. The van der Waals surface area contributed by atoms with E-state index in [1.165, 1.54) is 19.3 Å². The van der Waals surface area contributed by atoms with Gasteiger partial charge in [-0.2, -0.15) is 0 Å². The van der Waals surface area contributed by atoms with Gasteiger partial charge in [-0.05, 0) is 43.0 Å². The molecule has 1 aliphatic rings. The monoisotopic (exact) mass is 306 g/mol. The molecule has 1 aromatic carbocycles. The molecule has 2 rings (SSSR count). The molecule has 1 fully saturated rings. The third-order valence-corrected chi connectivity index (χ3v) is 4.10. The third-order valence-electron chi connectivity index (χ3n) is 4.10. The van der Waals surface area contributed by atoms with Gasteiger partial charge in [0.2, 0.25) is 0 Å². The average Bonchev–Trinajstić information content (AvgIpc) is 2.51. The van der Waals surface area contributed by atoms with Crippen LogP contribution in [0.2, 0.25) is 0 Å². The number of ether oxygens (including phenoxy) is 2. The van der Waals surface area contributed by atoms with Gasteiger partial charge >= 0.3 is 6.03 Å². The Labute approximate surface area is 132 Å². The first-order valence-electron chi connectivity index (χ1n) is 7.98. The number of carbonyl (C=O) groups is 1. The molecule has 1 aliphatic carbocycles. The van der Waals surface area contributed by atoms with Crippen molar-refractivity contribution in [3.8, 4) is 5.75 Å². The summed E-state index contributed by atoms with van der Waals surface area (Å²) in [5.41, 5.74) is 0.764. The fourth-order valence-corrected chi connectivity index (χ4v) is 2.74. The zero-order chi connectivity index (χ0) is 15.8. The van der Waals surface area contributed by atoms with E-state index in [4.69, 9.17) is 9.47 Å². The largest absolute Gasteiger partial charge is 0.491 e. The van der Waals surface area contributed by atoms with Crippen LogP contribution in [0.3, 0.4) is 0 Å². The maximum atomic E-state index is 12.1. The lowest BCUT2D eigenvalue weighted by molar-refractivity contribution is 0.146. The third kappa shape index (κ3) is 5.22. The van der Waals surface area contributed by atoms with Crippen molar-refractivity contribution in [2.24, 2.45) is 5.92 Å². The maximum absolute atomic E-state index is 12.1. The van der Waals surface area contributed by atoms with Gasteiger partial charge in [-0.25, -0.2) is 4.79 Å². The molecule has 2 N–H and O–H groups in total. The predicted octanol–water partition coefficient (Wildman–Crippen LogP) is 3.41. The average molecular weight is 306 g/mol. The molecule has 1 aromatic rings. The van der Waals surface area contributed by atoms with Gasteiger partial charge in [0.1, 0.15) is 12.4 Å². The fraction of sp³-hybridized carbons (Fsp3) is 0.588. The van der Waals surface area contributed by atoms with Crippen molar-refractivity contribution in [3.63, 3.8) is 0 Å². The van der Waals surface area contributed by atoms with E-state index in [1.54, 1.807) is 7.11 Å². The first-order chi connectivity index (χ1) is 10.7. The van der Waals surface area contributed by atoms with Gasteiger partial charge < -0.3 is 20.1 Å². The first-order valence-corrected chi connectivity index (χ1v) is 7.98. The quantitative estimate of drug-likeness (QED) is 0.792. The summed E-state index contributed by atoms with van der Waals surface area (Å²) in [5, 5.41) is 5.95. The van der Waals surface area contributed by atoms with E-state index in [0.717, 1.165) is 17.9 Å². The Hall–Kier alpha value is -1.75. The Bertz CT molecular complexity index is 461. The second-order valence-corrected chi connectivity index (χ2v) is 5.83. The van der Waals surface area contributed by atoms with E-state index in [2.05, 4.69) is 17.6 Å². The Morgan fingerprint density at radius 1 is 1.18 bits per heavy atom. The van der Waals surface area contributed by atoms with Crippen LogP contribution < -0.4 is 15.4 Å². The summed E-state index contributed by atoms with van der Waals surface area (Å²) in [6.45, 7) is 3.28. The van der Waals surface area contributed by atoms with Crippen molar-refractivity contribution in [3.05, 3.63) is 24.3 Å². The summed E-state index contributed by atoms with van der Waals surface area (Å²) in [7, 11) is 1.64. The maximum Gasteiger partial charge on any atom is 0.319 e. The lowest BCUT2D eigenvalue weighted by Crippen LogP contribution is -2.43. The highest BCUT2D eigenvalue weighted by Crippen LogP contribution is 2.24. The number of nitrogens with one attached hydrogen (secondary N) is 2. The van der Waals surface area contributed by atoms with Crippen LogP contribution in [0.5, 0.6) is 5.75 Å². The molecule has 5 nitrogen and oxygen atoms in total. The smallest absolute Gasteiger partial charge is 0.319 e. The van der Waals surface area contributed by atoms with Crippen LogP contribution in [0.4, 0.5) is 10.5 Å². The number of carbonyl (C=O) groups excluding carboxylic acids is 1. The molecule has 0 radical (unpaired) electrons. The number of urea groups is 1. The van der Waals surface area contributed by atoms with Crippen LogP contribution in [0.15, 0.2) is 24.3 Å². The van der Waals surface area contributed by atoms with Gasteiger partial charge in [-0.15, -0.1) is 0 Å². The number of amides is 2. The summed E-state index contributed by atoms with van der Waals surface area (Å²) in [5.74, 6) is 1.32. The van der Waals surface area contributed by atoms with E-state index in [9.17, 15) is 4.79 Å². The Morgan fingerprint density at radius 2 is 1.91 bits per heavy atom. The van der Waals surface area contributed by atoms with Crippen molar-refractivity contribution >= 4 is 11.7 Å². The number of benzene rings is 1. The van der Waals surface area contributed by atoms with Gasteiger partial charge in [-0.3, -0.25) is 0 Å². The van der Waals surface area contributed by atoms with Gasteiger partial charge in [-0.1, -0.05) is 19.8 Å². The summed E-state index contributed by atoms with van der Waals surface area (Å²) in [4.78, 5) is 12.1. The highest BCUT2D eigenvalue weighted by atomic mass is 16.5. The van der Waals surface area contributed by atoms with Crippen molar-refractivity contribution in [2.75, 3.05) is 25.6 Å². The van der Waals surface area contributed by atoms with Gasteiger partial charge in [0, 0.05) is 18.8 Å². The molecule has 0 saturated heterocycles. The van der Waals surface area contributed by atoms with Crippen molar-refractivity contribution in [1.82, 2.24) is 5.32 Å². The van der Waals surface area contributed by atoms with Gasteiger partial charge in [0.15, 0.2) is 0 Å². The lowest BCUT2D eigenvalue weighted by atomic mass is 9.86. The van der Waals surface area contributed by atoms with E-state index < -0.39 is 0 Å². The molecule has 0 aliphatic heterocycles. The fourth-order valence-electron chi connectivity index (χ4n) is 2.74. The van der Waals surface area contributed by atoms with E-state index in [0.29, 0.717) is 19.1 Å². The number of methoxy groups -OCH3 is 1. The van der Waals surface area contributed by atoms with E-state index in [1.807, 2.05) is 24.3 Å². The number of anilines is 1. The first kappa shape index (κ1) is 16.6. The van der Waals surface area contributed by atoms with Crippen molar-refractivity contribution in [1.29, 1.82) is 0 Å². The number of rotatable bonds is 6. The second kappa shape index (κ2) is 8.63. The lowest BCUT2D eigenvalue weighted by Gasteiger charge is -2.29. The minimum Gasteiger partial charge on any atom is -0.491 e. The standard InChI is InChI=1S/C17H26N2O3/c1-13-5-3-4-6-16(13)19-17(20)18-14-7-9-15(10-8-14)22-12-11-21-2/h7-10,13,16H,3-6,11-12H2,1-2H3,(H2,18,19,20)/t13-,16+/m0/s1. The zero-order valence-corrected chi connectivity index (χ0v) is 13.4. The Balaban J connectivity index is 1.78. The minimum absolute atomic E-state index is 0.133. The molecule has 122 valence electrons. The SMILES string of the molecule is COCCOc1ccc(NC(=O)N[C@@H]2CCCC[C@@H]2C)cc1. The van der Waals surface area contributed by atoms with Gasteiger partial charge in [0.05, 0.1) is 6.61 Å². The Kier molecular flexibility index (Phi) is 6.52. The Morgan fingerprint density at radius 3 is 2.59 bits per heavy atom. The summed E-state index contributed by atoms with van der Waals surface area (Å²) >= 11 is 0. The van der Waals surface area contributed by atoms with Crippen LogP contribution in [0, 0.1) is 5.92 Å². The predicted molar refractivity (Wildman–Crippen MR) is 87.4 cm³/mol. The van der Waals surface area contributed by atoms with Crippen molar-refractivity contribution < 1.29 is 14.3 Å². The molecule has 0 spiro atoms. The topological polar surface area (TPSA) is 59.6 Å². The molecule has 5 heteroatoms. The van der Waals surface area contributed by atoms with Crippen LogP contribution in [-0.4, -0.2) is 32.4 Å². The molecule has 0 unspecified atom stereocenters. The van der Waals surface area contributed by atoms with Crippen LogP contribution in [-0.2, 0) is 4.74 Å². The van der Waals surface area contributed by atoms with E-state index in [-0.39, 0.29) is 12.1 Å². The van der Waals surface area contributed by atoms with Crippen molar-refractivity contribution in [2.45, 2.75) is 38.6 Å². The van der Waals surface area contributed by atoms with Gasteiger partial charge in [0.25, 0.3) is 0 Å². The molecular weight excluding hydrogens is 280 g/mol. The molecule has 0 heterocycles. The molecule has 0 bridgehead atoms.